The van der Waals surface area contributed by atoms with Gasteiger partial charge < -0.3 is 0 Å². The van der Waals surface area contributed by atoms with Crippen LogP contribution in [0.15, 0.2) is 59.5 Å². The van der Waals surface area contributed by atoms with E-state index in [1.165, 1.54) is 22.5 Å². The van der Waals surface area contributed by atoms with Crippen LogP contribution in [-0.4, -0.2) is 31.6 Å². The van der Waals surface area contributed by atoms with Crippen molar-refractivity contribution in [3.05, 3.63) is 66.0 Å². The molecule has 126 valence electrons. The van der Waals surface area contributed by atoms with Crippen LogP contribution in [0.4, 0.5) is 4.39 Å². The zero-order chi connectivity index (χ0) is 17.2. The lowest BCUT2D eigenvalue weighted by Gasteiger charge is -2.30. The van der Waals surface area contributed by atoms with E-state index in [1.807, 2.05) is 18.2 Å². The Balaban J connectivity index is 1.70. The largest absolute Gasteiger partial charge is 0.294 e. The molecule has 0 bridgehead atoms. The van der Waals surface area contributed by atoms with Crippen LogP contribution in [0, 0.1) is 11.7 Å². The van der Waals surface area contributed by atoms with Gasteiger partial charge in [-0.25, -0.2) is 12.8 Å². The quantitative estimate of drug-likeness (QED) is 0.799. The maximum absolute atomic E-state index is 13.3. The van der Waals surface area contributed by atoms with Crippen molar-refractivity contribution < 1.29 is 17.6 Å². The van der Waals surface area contributed by atoms with Crippen LogP contribution in [0.5, 0.6) is 0 Å². The topological polar surface area (TPSA) is 54.5 Å². The Labute approximate surface area is 141 Å². The maximum Gasteiger partial charge on any atom is 0.243 e. The fourth-order valence-corrected chi connectivity index (χ4v) is 4.47. The molecule has 2 aromatic carbocycles. The number of Topliss-reactive ketones (excluding diaryl/α,β-unsaturated/α-hetero) is 1. The molecular formula is C18H18FNO3S. The molecular weight excluding hydrogens is 329 g/mol. The first-order valence-electron chi connectivity index (χ1n) is 7.83. The smallest absolute Gasteiger partial charge is 0.243 e. The number of piperidine rings is 1. The highest BCUT2D eigenvalue weighted by Gasteiger charge is 2.32. The minimum atomic E-state index is -3.72. The summed E-state index contributed by atoms with van der Waals surface area (Å²) in [4.78, 5) is 12.4. The van der Waals surface area contributed by atoms with E-state index in [2.05, 4.69) is 0 Å². The molecule has 2 aromatic rings. The van der Waals surface area contributed by atoms with Crippen molar-refractivity contribution in [2.24, 2.45) is 5.92 Å². The van der Waals surface area contributed by atoms with Crippen LogP contribution in [0.2, 0.25) is 0 Å². The molecule has 24 heavy (non-hydrogen) atoms. The van der Waals surface area contributed by atoms with Gasteiger partial charge in [0, 0.05) is 24.6 Å². The van der Waals surface area contributed by atoms with Gasteiger partial charge in [0.1, 0.15) is 5.82 Å². The summed E-state index contributed by atoms with van der Waals surface area (Å²) in [6.45, 7) is 0.532. The fraction of sp³-hybridized carbons (Fsp3) is 0.278. The summed E-state index contributed by atoms with van der Waals surface area (Å²) in [5.74, 6) is -0.699. The predicted molar refractivity (Wildman–Crippen MR) is 88.7 cm³/mol. The van der Waals surface area contributed by atoms with Crippen LogP contribution >= 0.6 is 0 Å². The summed E-state index contributed by atoms with van der Waals surface area (Å²) < 4.78 is 39.7. The van der Waals surface area contributed by atoms with Crippen molar-refractivity contribution in [1.82, 2.24) is 4.31 Å². The molecule has 4 nitrogen and oxygen atoms in total. The van der Waals surface area contributed by atoms with E-state index in [9.17, 15) is 17.6 Å². The lowest BCUT2D eigenvalue weighted by molar-refractivity contribution is 0.0875. The van der Waals surface area contributed by atoms with Gasteiger partial charge in [-0.05, 0) is 31.0 Å². The van der Waals surface area contributed by atoms with Crippen molar-refractivity contribution in [3.63, 3.8) is 0 Å². The van der Waals surface area contributed by atoms with Crippen LogP contribution < -0.4 is 0 Å². The number of rotatable bonds is 4. The number of carbonyl (C=O) groups excluding carboxylic acids is 1. The summed E-state index contributed by atoms with van der Waals surface area (Å²) >= 11 is 0. The van der Waals surface area contributed by atoms with Crippen molar-refractivity contribution in [1.29, 1.82) is 0 Å². The number of carbonyl (C=O) groups is 1. The number of benzene rings is 2. The number of ketones is 1. The van der Waals surface area contributed by atoms with E-state index < -0.39 is 15.8 Å². The SMILES string of the molecule is O=C(c1ccccc1)C1CCN(S(=O)(=O)c2cccc(F)c2)CC1. The summed E-state index contributed by atoms with van der Waals surface area (Å²) in [7, 11) is -3.72. The molecule has 0 aliphatic carbocycles. The van der Waals surface area contributed by atoms with Gasteiger partial charge in [0.25, 0.3) is 0 Å². The number of hydrogen-bond acceptors (Lipinski definition) is 3. The summed E-state index contributed by atoms with van der Waals surface area (Å²) in [5, 5.41) is 0. The molecule has 1 heterocycles. The molecule has 1 aliphatic rings. The molecule has 0 saturated carbocycles. The molecule has 0 spiro atoms. The maximum atomic E-state index is 13.3. The van der Waals surface area contributed by atoms with E-state index >= 15 is 0 Å². The van der Waals surface area contributed by atoms with Crippen molar-refractivity contribution >= 4 is 15.8 Å². The third kappa shape index (κ3) is 3.39. The molecule has 6 heteroatoms. The van der Waals surface area contributed by atoms with Gasteiger partial charge in [0.2, 0.25) is 10.0 Å². The van der Waals surface area contributed by atoms with E-state index in [4.69, 9.17) is 0 Å². The highest BCUT2D eigenvalue weighted by molar-refractivity contribution is 7.89. The van der Waals surface area contributed by atoms with Crippen LogP contribution in [-0.2, 0) is 10.0 Å². The second-order valence-corrected chi connectivity index (χ2v) is 7.80. The Bertz CT molecular complexity index is 828. The third-order valence-electron chi connectivity index (χ3n) is 4.32. The molecule has 0 amide bonds. The predicted octanol–water partition coefficient (Wildman–Crippen LogP) is 3.11. The molecule has 1 aliphatic heterocycles. The average Bonchev–Trinajstić information content (AvgIpc) is 2.62. The Kier molecular flexibility index (Phi) is 4.78. The molecule has 1 saturated heterocycles. The standard InChI is InChI=1S/C18H18FNO3S/c19-16-7-4-8-17(13-16)24(22,23)20-11-9-15(10-12-20)18(21)14-5-2-1-3-6-14/h1-8,13,15H,9-12H2. The first kappa shape index (κ1) is 16.8. The lowest BCUT2D eigenvalue weighted by atomic mass is 9.90. The summed E-state index contributed by atoms with van der Waals surface area (Å²) in [6, 6.07) is 14.0. The second-order valence-electron chi connectivity index (χ2n) is 5.87. The highest BCUT2D eigenvalue weighted by Crippen LogP contribution is 2.26. The molecule has 0 radical (unpaired) electrons. The summed E-state index contributed by atoms with van der Waals surface area (Å²) in [6.07, 6.45) is 0.949. The van der Waals surface area contributed by atoms with E-state index in [0.717, 1.165) is 6.07 Å². The molecule has 3 rings (SSSR count). The highest BCUT2D eigenvalue weighted by atomic mass is 32.2. The van der Waals surface area contributed by atoms with Crippen LogP contribution in [0.25, 0.3) is 0 Å². The third-order valence-corrected chi connectivity index (χ3v) is 6.21. The van der Waals surface area contributed by atoms with Gasteiger partial charge >= 0.3 is 0 Å². The first-order chi connectivity index (χ1) is 11.5. The lowest BCUT2D eigenvalue weighted by Crippen LogP contribution is -2.40. The van der Waals surface area contributed by atoms with Gasteiger partial charge in [0.15, 0.2) is 5.78 Å². The number of nitrogens with zero attached hydrogens (tertiary/aromatic N) is 1. The van der Waals surface area contributed by atoms with E-state index in [0.29, 0.717) is 18.4 Å². The van der Waals surface area contributed by atoms with Gasteiger partial charge in [0.05, 0.1) is 4.90 Å². The zero-order valence-corrected chi connectivity index (χ0v) is 13.9. The molecule has 0 unspecified atom stereocenters. The number of sulfonamides is 1. The van der Waals surface area contributed by atoms with E-state index in [1.54, 1.807) is 12.1 Å². The molecule has 0 N–H and O–H groups in total. The van der Waals surface area contributed by atoms with Crippen molar-refractivity contribution in [2.45, 2.75) is 17.7 Å². The van der Waals surface area contributed by atoms with Gasteiger partial charge in [-0.15, -0.1) is 0 Å². The Morgan fingerprint density at radius 1 is 1.00 bits per heavy atom. The van der Waals surface area contributed by atoms with E-state index in [-0.39, 0.29) is 29.7 Å². The van der Waals surface area contributed by atoms with Crippen molar-refractivity contribution in [3.8, 4) is 0 Å². The van der Waals surface area contributed by atoms with Crippen LogP contribution in [0.1, 0.15) is 23.2 Å². The molecule has 1 fully saturated rings. The Morgan fingerprint density at radius 3 is 2.29 bits per heavy atom. The minimum Gasteiger partial charge on any atom is -0.294 e. The minimum absolute atomic E-state index is 0.0460. The monoisotopic (exact) mass is 347 g/mol. The van der Waals surface area contributed by atoms with Gasteiger partial charge in [-0.1, -0.05) is 36.4 Å². The number of hydrogen-bond donors (Lipinski definition) is 0. The fourth-order valence-electron chi connectivity index (χ4n) is 2.97. The molecule has 0 atom stereocenters. The van der Waals surface area contributed by atoms with Gasteiger partial charge in [-0.3, -0.25) is 4.79 Å². The van der Waals surface area contributed by atoms with Gasteiger partial charge in [-0.2, -0.15) is 4.31 Å². The molecule has 0 aromatic heterocycles. The normalized spacial score (nSPS) is 16.9. The number of halogens is 1. The summed E-state index contributed by atoms with van der Waals surface area (Å²) in [5.41, 5.74) is 0.656. The Hall–Kier alpha value is -2.05. The zero-order valence-electron chi connectivity index (χ0n) is 13.1. The first-order valence-corrected chi connectivity index (χ1v) is 9.27. The average molecular weight is 347 g/mol. The second kappa shape index (κ2) is 6.83. The Morgan fingerprint density at radius 2 is 1.67 bits per heavy atom. The van der Waals surface area contributed by atoms with Crippen LogP contribution in [0.3, 0.4) is 0 Å². The van der Waals surface area contributed by atoms with Crippen molar-refractivity contribution in [2.75, 3.05) is 13.1 Å².